The highest BCUT2D eigenvalue weighted by Gasteiger charge is 2.31. The van der Waals surface area contributed by atoms with Crippen molar-refractivity contribution in [3.05, 3.63) is 34.9 Å². The standard InChI is InChI=1S/C16H20ClNO3/c1-21-16(20)14(11-5-3-2-4-6-11)18-15(19)12-7-9-13(17)10-8-12/h7-11,14H,2-6H2,1H3,(H,18,19)/t14-/m0/s1. The lowest BCUT2D eigenvalue weighted by Gasteiger charge is -2.29. The Morgan fingerprint density at radius 3 is 2.38 bits per heavy atom. The molecule has 0 radical (unpaired) electrons. The summed E-state index contributed by atoms with van der Waals surface area (Å²) in [6, 6.07) is 6.03. The maximum atomic E-state index is 12.3. The highest BCUT2D eigenvalue weighted by molar-refractivity contribution is 6.30. The molecule has 114 valence electrons. The van der Waals surface area contributed by atoms with Crippen molar-refractivity contribution in [2.24, 2.45) is 5.92 Å². The Labute approximate surface area is 129 Å². The minimum Gasteiger partial charge on any atom is -0.467 e. The first kappa shape index (κ1) is 15.8. The minimum atomic E-state index is -0.571. The lowest BCUT2D eigenvalue weighted by atomic mass is 9.83. The SMILES string of the molecule is COC(=O)[C@@H](NC(=O)c1ccc(Cl)cc1)C1CCCCC1. The van der Waals surface area contributed by atoms with Gasteiger partial charge in [0.05, 0.1) is 7.11 Å². The van der Waals surface area contributed by atoms with E-state index >= 15 is 0 Å². The van der Waals surface area contributed by atoms with Crippen LogP contribution in [0.1, 0.15) is 42.5 Å². The predicted molar refractivity (Wildman–Crippen MR) is 81.3 cm³/mol. The van der Waals surface area contributed by atoms with E-state index in [0.717, 1.165) is 25.7 Å². The number of benzene rings is 1. The molecule has 21 heavy (non-hydrogen) atoms. The van der Waals surface area contributed by atoms with Crippen LogP contribution in [0, 0.1) is 5.92 Å². The molecule has 1 aliphatic rings. The number of rotatable bonds is 4. The van der Waals surface area contributed by atoms with Gasteiger partial charge in [-0.15, -0.1) is 0 Å². The van der Waals surface area contributed by atoms with Crippen molar-refractivity contribution in [2.75, 3.05) is 7.11 Å². The van der Waals surface area contributed by atoms with E-state index < -0.39 is 6.04 Å². The van der Waals surface area contributed by atoms with Crippen molar-refractivity contribution in [2.45, 2.75) is 38.1 Å². The van der Waals surface area contributed by atoms with Gasteiger partial charge in [0.2, 0.25) is 0 Å². The molecule has 2 rings (SSSR count). The maximum absolute atomic E-state index is 12.3. The van der Waals surface area contributed by atoms with Gasteiger partial charge in [-0.2, -0.15) is 0 Å². The summed E-state index contributed by atoms with van der Waals surface area (Å²) in [4.78, 5) is 24.2. The third kappa shape index (κ3) is 4.21. The third-order valence-electron chi connectivity index (χ3n) is 3.97. The Balaban J connectivity index is 2.08. The number of amides is 1. The summed E-state index contributed by atoms with van der Waals surface area (Å²) in [5.74, 6) is -0.487. The van der Waals surface area contributed by atoms with Gasteiger partial charge in [0, 0.05) is 10.6 Å². The number of esters is 1. The first-order chi connectivity index (χ1) is 10.1. The highest BCUT2D eigenvalue weighted by Crippen LogP contribution is 2.27. The molecule has 0 heterocycles. The Bertz CT molecular complexity index is 495. The molecule has 1 fully saturated rings. The van der Waals surface area contributed by atoms with Crippen LogP contribution in [0.5, 0.6) is 0 Å². The van der Waals surface area contributed by atoms with Crippen LogP contribution in [0.3, 0.4) is 0 Å². The zero-order valence-corrected chi connectivity index (χ0v) is 12.9. The first-order valence-electron chi connectivity index (χ1n) is 7.26. The monoisotopic (exact) mass is 309 g/mol. The van der Waals surface area contributed by atoms with Crippen molar-refractivity contribution >= 4 is 23.5 Å². The Morgan fingerprint density at radius 1 is 1.19 bits per heavy atom. The Hall–Kier alpha value is -1.55. The van der Waals surface area contributed by atoms with E-state index in [1.165, 1.54) is 13.5 Å². The van der Waals surface area contributed by atoms with Crippen LogP contribution in [0.15, 0.2) is 24.3 Å². The van der Waals surface area contributed by atoms with Crippen LogP contribution in [0.2, 0.25) is 5.02 Å². The summed E-state index contributed by atoms with van der Waals surface area (Å²) < 4.78 is 4.85. The fourth-order valence-corrected chi connectivity index (χ4v) is 2.92. The summed E-state index contributed by atoms with van der Waals surface area (Å²) in [5, 5.41) is 3.39. The zero-order valence-electron chi connectivity index (χ0n) is 12.1. The smallest absolute Gasteiger partial charge is 0.328 e. The van der Waals surface area contributed by atoms with Crippen molar-refractivity contribution in [3.63, 3.8) is 0 Å². The minimum absolute atomic E-state index is 0.155. The molecule has 0 aromatic heterocycles. The number of carbonyl (C=O) groups is 2. The maximum Gasteiger partial charge on any atom is 0.328 e. The van der Waals surface area contributed by atoms with Gasteiger partial charge >= 0.3 is 5.97 Å². The summed E-state index contributed by atoms with van der Waals surface area (Å²) in [6.45, 7) is 0. The van der Waals surface area contributed by atoms with Gasteiger partial charge in [0.1, 0.15) is 6.04 Å². The number of hydrogen-bond acceptors (Lipinski definition) is 3. The molecule has 0 spiro atoms. The molecule has 1 amide bonds. The van der Waals surface area contributed by atoms with Gasteiger partial charge in [-0.3, -0.25) is 4.79 Å². The predicted octanol–water partition coefficient (Wildman–Crippen LogP) is 3.19. The third-order valence-corrected chi connectivity index (χ3v) is 4.22. The second-order valence-corrected chi connectivity index (χ2v) is 5.82. The molecule has 1 aromatic carbocycles. The van der Waals surface area contributed by atoms with Crippen molar-refractivity contribution in [1.82, 2.24) is 5.32 Å². The van der Waals surface area contributed by atoms with E-state index in [4.69, 9.17) is 16.3 Å². The Morgan fingerprint density at radius 2 is 1.81 bits per heavy atom. The summed E-state index contributed by atoms with van der Waals surface area (Å²) in [7, 11) is 1.35. The zero-order chi connectivity index (χ0) is 15.2. The lowest BCUT2D eigenvalue weighted by molar-refractivity contribution is -0.144. The van der Waals surface area contributed by atoms with E-state index in [9.17, 15) is 9.59 Å². The molecule has 5 heteroatoms. The average molecular weight is 310 g/mol. The second-order valence-electron chi connectivity index (χ2n) is 5.38. The van der Waals surface area contributed by atoms with Crippen LogP contribution in [-0.2, 0) is 9.53 Å². The number of carbonyl (C=O) groups excluding carboxylic acids is 2. The van der Waals surface area contributed by atoms with Crippen molar-refractivity contribution in [3.8, 4) is 0 Å². The summed E-state index contributed by atoms with van der Waals surface area (Å²) in [5.41, 5.74) is 0.490. The molecule has 1 N–H and O–H groups in total. The number of ether oxygens (including phenoxy) is 1. The number of nitrogens with one attached hydrogen (secondary N) is 1. The normalized spacial score (nSPS) is 17.0. The quantitative estimate of drug-likeness (QED) is 0.869. The van der Waals surface area contributed by atoms with Gasteiger partial charge < -0.3 is 10.1 Å². The molecule has 0 aliphatic heterocycles. The summed E-state index contributed by atoms with van der Waals surface area (Å²) >= 11 is 5.81. The molecule has 1 aromatic rings. The largest absolute Gasteiger partial charge is 0.467 e. The van der Waals surface area contributed by atoms with E-state index in [1.807, 2.05) is 0 Å². The molecule has 1 saturated carbocycles. The van der Waals surface area contributed by atoms with Crippen LogP contribution < -0.4 is 5.32 Å². The first-order valence-corrected chi connectivity index (χ1v) is 7.64. The number of hydrogen-bond donors (Lipinski definition) is 1. The molecular weight excluding hydrogens is 290 g/mol. The van der Waals surface area contributed by atoms with Gasteiger partial charge in [-0.05, 0) is 43.0 Å². The van der Waals surface area contributed by atoms with Gasteiger partial charge in [0.15, 0.2) is 0 Å². The molecule has 1 aliphatic carbocycles. The van der Waals surface area contributed by atoms with Crippen LogP contribution in [-0.4, -0.2) is 25.0 Å². The number of halogens is 1. The average Bonchev–Trinajstić information content (AvgIpc) is 2.53. The van der Waals surface area contributed by atoms with Gasteiger partial charge in [-0.25, -0.2) is 4.79 Å². The second kappa shape index (κ2) is 7.46. The molecule has 1 atom stereocenters. The van der Waals surface area contributed by atoms with Gasteiger partial charge in [-0.1, -0.05) is 30.9 Å². The molecular formula is C16H20ClNO3. The molecule has 0 unspecified atom stereocenters. The topological polar surface area (TPSA) is 55.4 Å². The lowest BCUT2D eigenvalue weighted by Crippen LogP contribution is -2.47. The van der Waals surface area contributed by atoms with E-state index in [2.05, 4.69) is 5.32 Å². The molecule has 0 bridgehead atoms. The summed E-state index contributed by atoms with van der Waals surface area (Å²) in [6.07, 6.45) is 5.26. The van der Waals surface area contributed by atoms with Crippen LogP contribution >= 0.6 is 11.6 Å². The molecule has 0 saturated heterocycles. The van der Waals surface area contributed by atoms with Gasteiger partial charge in [0.25, 0.3) is 5.91 Å². The van der Waals surface area contributed by atoms with E-state index in [0.29, 0.717) is 10.6 Å². The van der Waals surface area contributed by atoms with Crippen molar-refractivity contribution < 1.29 is 14.3 Å². The van der Waals surface area contributed by atoms with E-state index in [1.54, 1.807) is 24.3 Å². The van der Waals surface area contributed by atoms with Crippen LogP contribution in [0.4, 0.5) is 0 Å². The fraction of sp³-hybridized carbons (Fsp3) is 0.500. The molecule has 4 nitrogen and oxygen atoms in total. The number of methoxy groups -OCH3 is 1. The van der Waals surface area contributed by atoms with Crippen LogP contribution in [0.25, 0.3) is 0 Å². The Kier molecular flexibility index (Phi) is 5.62. The highest BCUT2D eigenvalue weighted by atomic mass is 35.5. The van der Waals surface area contributed by atoms with Crippen molar-refractivity contribution in [1.29, 1.82) is 0 Å². The fourth-order valence-electron chi connectivity index (χ4n) is 2.79. The van der Waals surface area contributed by atoms with E-state index in [-0.39, 0.29) is 17.8 Å².